The lowest BCUT2D eigenvalue weighted by atomic mass is 10.0. The van der Waals surface area contributed by atoms with E-state index in [-0.39, 0.29) is 6.04 Å². The lowest BCUT2D eigenvalue weighted by Gasteiger charge is -2.23. The fourth-order valence-corrected chi connectivity index (χ4v) is 2.22. The van der Waals surface area contributed by atoms with Crippen LogP contribution in [0, 0.1) is 3.57 Å². The highest BCUT2D eigenvalue weighted by molar-refractivity contribution is 14.1. The Hall–Kier alpha value is 0.190. The summed E-state index contributed by atoms with van der Waals surface area (Å²) in [6.07, 6.45) is 0.907. The lowest BCUT2D eigenvalue weighted by Crippen LogP contribution is -2.20. The second-order valence-corrected chi connectivity index (χ2v) is 5.06. The van der Waals surface area contributed by atoms with Crippen LogP contribution in [0.15, 0.2) is 16.6 Å². The number of hydrogen-bond donors (Lipinski definition) is 1. The van der Waals surface area contributed by atoms with Gasteiger partial charge >= 0.3 is 0 Å². The van der Waals surface area contributed by atoms with Crippen LogP contribution < -0.4 is 10.5 Å². The van der Waals surface area contributed by atoms with Crippen molar-refractivity contribution in [2.24, 2.45) is 5.73 Å². The third-order valence-electron chi connectivity index (χ3n) is 2.14. The maximum Gasteiger partial charge on any atom is 0.125 e. The quantitative estimate of drug-likeness (QED) is 0.728. The summed E-state index contributed by atoms with van der Waals surface area (Å²) in [5, 5.41) is 0. The molecule has 2 rings (SSSR count). The van der Waals surface area contributed by atoms with E-state index in [4.69, 9.17) is 10.5 Å². The minimum absolute atomic E-state index is 0.130. The number of nitrogens with two attached hydrogens (primary N) is 1. The summed E-state index contributed by atoms with van der Waals surface area (Å²) in [7, 11) is 0. The maximum atomic E-state index is 5.97. The summed E-state index contributed by atoms with van der Waals surface area (Å²) in [5.74, 6) is 0.922. The fraction of sp³-hybridized carbons (Fsp3) is 0.333. The van der Waals surface area contributed by atoms with Crippen molar-refractivity contribution in [3.05, 3.63) is 25.7 Å². The van der Waals surface area contributed by atoms with E-state index in [2.05, 4.69) is 44.6 Å². The molecule has 0 aromatic heterocycles. The third kappa shape index (κ3) is 1.85. The molecule has 0 spiro atoms. The highest BCUT2D eigenvalue weighted by Crippen LogP contribution is 2.35. The molecule has 1 heterocycles. The van der Waals surface area contributed by atoms with Crippen LogP contribution in [0.5, 0.6) is 5.75 Å². The Bertz CT molecular complexity index is 343. The standard InChI is InChI=1S/C9H9BrINO/c10-6-4-9-5(3-7(6)11)8(12)1-2-13-9/h3-4,8H,1-2,12H2/t8-/m1/s1. The lowest BCUT2D eigenvalue weighted by molar-refractivity contribution is 0.268. The molecule has 0 aliphatic carbocycles. The van der Waals surface area contributed by atoms with Crippen LogP contribution in [0.25, 0.3) is 0 Å². The first-order valence-corrected chi connectivity index (χ1v) is 5.93. The monoisotopic (exact) mass is 353 g/mol. The van der Waals surface area contributed by atoms with Crippen LogP contribution in [-0.2, 0) is 0 Å². The molecule has 1 aliphatic heterocycles. The molecule has 2 N–H and O–H groups in total. The van der Waals surface area contributed by atoms with E-state index < -0.39 is 0 Å². The molecule has 0 saturated heterocycles. The maximum absolute atomic E-state index is 5.97. The topological polar surface area (TPSA) is 35.2 Å². The van der Waals surface area contributed by atoms with Crippen molar-refractivity contribution in [1.82, 2.24) is 0 Å². The van der Waals surface area contributed by atoms with Gasteiger partial charge in [-0.05, 0) is 50.7 Å². The van der Waals surface area contributed by atoms with Gasteiger partial charge in [0.2, 0.25) is 0 Å². The average molecular weight is 354 g/mol. The molecular formula is C9H9BrINO. The van der Waals surface area contributed by atoms with Gasteiger partial charge in [-0.3, -0.25) is 0 Å². The van der Waals surface area contributed by atoms with Crippen molar-refractivity contribution in [3.8, 4) is 5.75 Å². The average Bonchev–Trinajstić information content (AvgIpc) is 2.09. The molecule has 1 aliphatic rings. The number of benzene rings is 1. The van der Waals surface area contributed by atoms with Crippen LogP contribution in [0.2, 0.25) is 0 Å². The van der Waals surface area contributed by atoms with Gasteiger partial charge in [-0.25, -0.2) is 0 Å². The van der Waals surface area contributed by atoms with Crippen LogP contribution in [0.3, 0.4) is 0 Å². The summed E-state index contributed by atoms with van der Waals surface area (Å²) >= 11 is 5.75. The molecule has 0 unspecified atom stereocenters. The van der Waals surface area contributed by atoms with Crippen LogP contribution in [0.1, 0.15) is 18.0 Å². The summed E-state index contributed by atoms with van der Waals surface area (Å²) in [6.45, 7) is 0.723. The number of ether oxygens (including phenoxy) is 1. The molecule has 0 radical (unpaired) electrons. The van der Waals surface area contributed by atoms with Gasteiger partial charge in [-0.1, -0.05) is 0 Å². The van der Waals surface area contributed by atoms with E-state index in [0.29, 0.717) is 0 Å². The largest absolute Gasteiger partial charge is 0.493 e. The van der Waals surface area contributed by atoms with Crippen molar-refractivity contribution in [3.63, 3.8) is 0 Å². The van der Waals surface area contributed by atoms with E-state index >= 15 is 0 Å². The Morgan fingerprint density at radius 1 is 1.54 bits per heavy atom. The van der Waals surface area contributed by atoms with Gasteiger partial charge in [0.1, 0.15) is 5.75 Å². The summed E-state index contributed by atoms with van der Waals surface area (Å²) in [5.41, 5.74) is 7.09. The van der Waals surface area contributed by atoms with E-state index in [1.165, 1.54) is 3.57 Å². The number of halogens is 2. The number of fused-ring (bicyclic) bond motifs is 1. The predicted octanol–water partition coefficient (Wildman–Crippen LogP) is 2.84. The molecule has 4 heteroatoms. The minimum atomic E-state index is 0.130. The molecule has 1 aromatic rings. The molecule has 0 amide bonds. The second-order valence-electron chi connectivity index (χ2n) is 3.05. The van der Waals surface area contributed by atoms with Crippen molar-refractivity contribution in [1.29, 1.82) is 0 Å². The smallest absolute Gasteiger partial charge is 0.125 e. The zero-order chi connectivity index (χ0) is 9.42. The zero-order valence-electron chi connectivity index (χ0n) is 6.89. The molecule has 70 valence electrons. The van der Waals surface area contributed by atoms with Gasteiger partial charge in [0, 0.05) is 26.1 Å². The fourth-order valence-electron chi connectivity index (χ4n) is 1.41. The van der Waals surface area contributed by atoms with Gasteiger partial charge in [-0.15, -0.1) is 0 Å². The van der Waals surface area contributed by atoms with E-state index in [9.17, 15) is 0 Å². The van der Waals surface area contributed by atoms with Crippen LogP contribution >= 0.6 is 38.5 Å². The third-order valence-corrected chi connectivity index (χ3v) is 4.43. The normalized spacial score (nSPS) is 20.7. The Kier molecular flexibility index (Phi) is 2.80. The molecule has 1 aromatic carbocycles. The van der Waals surface area contributed by atoms with Crippen molar-refractivity contribution >= 4 is 38.5 Å². The minimum Gasteiger partial charge on any atom is -0.493 e. The van der Waals surface area contributed by atoms with Gasteiger partial charge in [0.25, 0.3) is 0 Å². The molecular weight excluding hydrogens is 345 g/mol. The zero-order valence-corrected chi connectivity index (χ0v) is 10.6. The van der Waals surface area contributed by atoms with E-state index in [1.54, 1.807) is 0 Å². The highest BCUT2D eigenvalue weighted by atomic mass is 127. The van der Waals surface area contributed by atoms with Gasteiger partial charge in [-0.2, -0.15) is 0 Å². The Morgan fingerprint density at radius 2 is 2.31 bits per heavy atom. The van der Waals surface area contributed by atoms with Crippen LogP contribution in [-0.4, -0.2) is 6.61 Å². The first-order valence-electron chi connectivity index (χ1n) is 4.06. The molecule has 13 heavy (non-hydrogen) atoms. The molecule has 0 fully saturated rings. The molecule has 0 saturated carbocycles. The van der Waals surface area contributed by atoms with E-state index in [0.717, 1.165) is 28.8 Å². The summed E-state index contributed by atoms with van der Waals surface area (Å²) in [6, 6.07) is 4.21. The van der Waals surface area contributed by atoms with Crippen molar-refractivity contribution in [2.75, 3.05) is 6.61 Å². The van der Waals surface area contributed by atoms with Gasteiger partial charge in [0.15, 0.2) is 0 Å². The number of rotatable bonds is 0. The second kappa shape index (κ2) is 3.74. The van der Waals surface area contributed by atoms with E-state index in [1.807, 2.05) is 6.07 Å². The molecule has 1 atom stereocenters. The first kappa shape index (κ1) is 9.73. The van der Waals surface area contributed by atoms with Gasteiger partial charge in [0.05, 0.1) is 6.61 Å². The molecule has 2 nitrogen and oxygen atoms in total. The predicted molar refractivity (Wildman–Crippen MR) is 63.9 cm³/mol. The Balaban J connectivity index is 2.52. The first-order chi connectivity index (χ1) is 6.18. The molecule has 0 bridgehead atoms. The summed E-state index contributed by atoms with van der Waals surface area (Å²) in [4.78, 5) is 0. The Morgan fingerprint density at radius 3 is 3.08 bits per heavy atom. The number of hydrogen-bond acceptors (Lipinski definition) is 2. The SMILES string of the molecule is N[C@@H]1CCOc2cc(Br)c(I)cc21. The van der Waals surface area contributed by atoms with Gasteiger partial charge < -0.3 is 10.5 Å². The van der Waals surface area contributed by atoms with Crippen molar-refractivity contribution in [2.45, 2.75) is 12.5 Å². The Labute approximate surface area is 99.1 Å². The highest BCUT2D eigenvalue weighted by Gasteiger charge is 2.19. The van der Waals surface area contributed by atoms with Crippen LogP contribution in [0.4, 0.5) is 0 Å². The summed E-state index contributed by atoms with van der Waals surface area (Å²) < 4.78 is 7.76. The van der Waals surface area contributed by atoms with Crippen molar-refractivity contribution < 1.29 is 4.74 Å².